The van der Waals surface area contributed by atoms with Gasteiger partial charge in [0, 0.05) is 17.4 Å². The topological polar surface area (TPSA) is 70.7 Å². The van der Waals surface area contributed by atoms with Crippen LogP contribution in [0.4, 0.5) is 23.2 Å². The smallest absolute Gasteiger partial charge is 0.340 e. The Labute approximate surface area is 185 Å². The average Bonchev–Trinajstić information content (AvgIpc) is 3.16. The number of nitrogens with one attached hydrogen (secondary N) is 2. The minimum atomic E-state index is -4.48. The maximum atomic E-state index is 13.3. The van der Waals surface area contributed by atoms with Crippen LogP contribution in [-0.2, 0) is 11.6 Å². The molecule has 0 unspecified atom stereocenters. The lowest BCUT2D eigenvalue weighted by Crippen LogP contribution is -2.36. The number of imidazole rings is 1. The van der Waals surface area contributed by atoms with Gasteiger partial charge >= 0.3 is 6.18 Å². The Morgan fingerprint density at radius 1 is 1.06 bits per heavy atom. The molecule has 5 nitrogen and oxygen atoms in total. The number of carbonyl (C=O) groups excluding carboxylic acids is 1. The summed E-state index contributed by atoms with van der Waals surface area (Å²) in [6.45, 7) is 0. The number of amides is 1. The Kier molecular flexibility index (Phi) is 4.92. The van der Waals surface area contributed by atoms with Crippen molar-refractivity contribution in [2.45, 2.75) is 30.9 Å². The van der Waals surface area contributed by atoms with Crippen LogP contribution in [0.15, 0.2) is 60.8 Å². The third-order valence-corrected chi connectivity index (χ3v) is 6.11. The SMILES string of the molecule is O=C(Nc1cccc(F)c1)c1ccc(C2(c3nc4ncc(C(F)(F)F)cc4[nH]3)CCC2)cc1. The van der Waals surface area contributed by atoms with E-state index in [1.54, 1.807) is 18.2 Å². The minimum Gasteiger partial charge on any atom is -0.340 e. The molecule has 0 atom stereocenters. The van der Waals surface area contributed by atoms with Gasteiger partial charge in [-0.1, -0.05) is 24.6 Å². The molecular formula is C24H18F4N4O. The predicted octanol–water partition coefficient (Wildman–Crippen LogP) is 5.84. The van der Waals surface area contributed by atoms with E-state index in [0.717, 1.165) is 37.1 Å². The van der Waals surface area contributed by atoms with Crippen molar-refractivity contribution in [2.24, 2.45) is 0 Å². The number of aromatic nitrogens is 3. The van der Waals surface area contributed by atoms with Gasteiger partial charge in [-0.05, 0) is 54.8 Å². The first-order chi connectivity index (χ1) is 15.7. The number of hydrogen-bond donors (Lipinski definition) is 2. The summed E-state index contributed by atoms with van der Waals surface area (Å²) in [5.74, 6) is -0.257. The zero-order valence-electron chi connectivity index (χ0n) is 17.2. The molecule has 0 bridgehead atoms. The number of H-pyrrole nitrogens is 1. The molecule has 9 heteroatoms. The number of aromatic amines is 1. The van der Waals surface area contributed by atoms with Gasteiger partial charge in [0.2, 0.25) is 0 Å². The van der Waals surface area contributed by atoms with E-state index < -0.39 is 23.0 Å². The summed E-state index contributed by atoms with van der Waals surface area (Å²) in [5, 5.41) is 2.65. The zero-order chi connectivity index (χ0) is 23.2. The largest absolute Gasteiger partial charge is 0.417 e. The first kappa shape index (κ1) is 21.1. The number of benzene rings is 2. The second kappa shape index (κ2) is 7.68. The molecule has 1 aliphatic rings. The maximum Gasteiger partial charge on any atom is 0.417 e. The summed E-state index contributed by atoms with van der Waals surface area (Å²) < 4.78 is 52.4. The lowest BCUT2D eigenvalue weighted by Gasteiger charge is -2.40. The van der Waals surface area contributed by atoms with Gasteiger partial charge in [-0.15, -0.1) is 0 Å². The van der Waals surface area contributed by atoms with Crippen LogP contribution in [-0.4, -0.2) is 20.9 Å². The fourth-order valence-corrected chi connectivity index (χ4v) is 4.18. The fraction of sp³-hybridized carbons (Fsp3) is 0.208. The number of pyridine rings is 1. The van der Waals surface area contributed by atoms with Crippen LogP contribution >= 0.6 is 0 Å². The molecule has 2 N–H and O–H groups in total. The summed E-state index contributed by atoms with van der Waals surface area (Å²) in [7, 11) is 0. The number of nitrogens with zero attached hydrogens (tertiary/aromatic N) is 2. The van der Waals surface area contributed by atoms with Crippen LogP contribution in [0.25, 0.3) is 11.2 Å². The second-order valence-electron chi connectivity index (χ2n) is 8.16. The number of fused-ring (bicyclic) bond motifs is 1. The van der Waals surface area contributed by atoms with E-state index in [-0.39, 0.29) is 17.1 Å². The molecule has 1 amide bonds. The van der Waals surface area contributed by atoms with Gasteiger partial charge in [0.15, 0.2) is 5.65 Å². The third-order valence-electron chi connectivity index (χ3n) is 6.11. The molecule has 4 aromatic rings. The quantitative estimate of drug-likeness (QED) is 0.381. The Hall–Kier alpha value is -3.75. The van der Waals surface area contributed by atoms with Crippen molar-refractivity contribution in [2.75, 3.05) is 5.32 Å². The molecule has 33 heavy (non-hydrogen) atoms. The van der Waals surface area contributed by atoms with E-state index in [1.807, 2.05) is 12.1 Å². The molecule has 2 aromatic heterocycles. The normalized spacial score (nSPS) is 15.3. The zero-order valence-corrected chi connectivity index (χ0v) is 17.2. The summed E-state index contributed by atoms with van der Waals surface area (Å²) in [6.07, 6.45) is -1.21. The lowest BCUT2D eigenvalue weighted by molar-refractivity contribution is -0.137. The highest BCUT2D eigenvalue weighted by atomic mass is 19.4. The molecule has 5 rings (SSSR count). The molecule has 1 aliphatic carbocycles. The van der Waals surface area contributed by atoms with Crippen LogP contribution in [0, 0.1) is 5.82 Å². The standard InChI is InChI=1S/C24H18F4N4O/c25-17-3-1-4-18(12-17)30-21(33)14-5-7-15(8-6-14)23(9-2-10-23)22-31-19-11-16(24(26,27)28)13-29-20(19)32-22/h1,3-8,11-13H,2,9-10H2,(H,30,33)(H,29,31,32). The average molecular weight is 454 g/mol. The van der Waals surface area contributed by atoms with Crippen molar-refractivity contribution in [3.8, 4) is 0 Å². The Morgan fingerprint density at radius 3 is 2.45 bits per heavy atom. The highest BCUT2D eigenvalue weighted by Crippen LogP contribution is 2.48. The molecule has 0 radical (unpaired) electrons. The highest BCUT2D eigenvalue weighted by molar-refractivity contribution is 6.04. The van der Waals surface area contributed by atoms with E-state index in [0.29, 0.717) is 17.1 Å². The van der Waals surface area contributed by atoms with Crippen LogP contribution in [0.3, 0.4) is 0 Å². The Balaban J connectivity index is 1.42. The van der Waals surface area contributed by atoms with Crippen LogP contribution in [0.5, 0.6) is 0 Å². The number of anilines is 1. The van der Waals surface area contributed by atoms with Crippen LogP contribution in [0.1, 0.15) is 46.6 Å². The van der Waals surface area contributed by atoms with Gasteiger partial charge in [-0.3, -0.25) is 4.79 Å². The third kappa shape index (κ3) is 3.83. The number of hydrogen-bond acceptors (Lipinski definition) is 3. The van der Waals surface area contributed by atoms with Gasteiger partial charge in [-0.25, -0.2) is 14.4 Å². The van der Waals surface area contributed by atoms with Crippen LogP contribution < -0.4 is 5.32 Å². The van der Waals surface area contributed by atoms with Crippen molar-refractivity contribution in [1.82, 2.24) is 15.0 Å². The van der Waals surface area contributed by atoms with Crippen molar-refractivity contribution in [1.29, 1.82) is 0 Å². The van der Waals surface area contributed by atoms with E-state index in [2.05, 4.69) is 20.3 Å². The summed E-state index contributed by atoms with van der Waals surface area (Å²) in [4.78, 5) is 23.9. The van der Waals surface area contributed by atoms with Crippen molar-refractivity contribution in [3.05, 3.63) is 89.1 Å². The van der Waals surface area contributed by atoms with Crippen LogP contribution in [0.2, 0.25) is 0 Å². The molecule has 0 spiro atoms. The Bertz CT molecular complexity index is 1340. The summed E-state index contributed by atoms with van der Waals surface area (Å²) in [5.41, 5.74) is 0.822. The number of alkyl halides is 3. The fourth-order valence-electron chi connectivity index (χ4n) is 4.18. The molecule has 0 saturated heterocycles. The number of rotatable bonds is 4. The van der Waals surface area contributed by atoms with E-state index in [9.17, 15) is 22.4 Å². The van der Waals surface area contributed by atoms with Crippen molar-refractivity contribution in [3.63, 3.8) is 0 Å². The van der Waals surface area contributed by atoms with Gasteiger partial charge < -0.3 is 10.3 Å². The van der Waals surface area contributed by atoms with Gasteiger partial charge in [0.25, 0.3) is 5.91 Å². The first-order valence-corrected chi connectivity index (χ1v) is 10.4. The molecule has 168 valence electrons. The molecular weight excluding hydrogens is 436 g/mol. The lowest BCUT2D eigenvalue weighted by atomic mass is 9.64. The summed E-state index contributed by atoms with van der Waals surface area (Å²) in [6, 6.07) is 13.6. The molecule has 0 aliphatic heterocycles. The number of carbonyl (C=O) groups is 1. The maximum absolute atomic E-state index is 13.3. The minimum absolute atomic E-state index is 0.232. The van der Waals surface area contributed by atoms with E-state index in [1.165, 1.54) is 18.2 Å². The molecule has 1 saturated carbocycles. The van der Waals surface area contributed by atoms with Gasteiger partial charge in [-0.2, -0.15) is 13.2 Å². The van der Waals surface area contributed by atoms with Crippen molar-refractivity contribution >= 4 is 22.8 Å². The van der Waals surface area contributed by atoms with E-state index >= 15 is 0 Å². The number of halogens is 4. The monoisotopic (exact) mass is 454 g/mol. The summed E-state index contributed by atoms with van der Waals surface area (Å²) >= 11 is 0. The molecule has 2 heterocycles. The van der Waals surface area contributed by atoms with Gasteiger partial charge in [0.1, 0.15) is 11.6 Å². The molecule has 1 fully saturated rings. The van der Waals surface area contributed by atoms with Crippen molar-refractivity contribution < 1.29 is 22.4 Å². The van der Waals surface area contributed by atoms with Gasteiger partial charge in [0.05, 0.1) is 16.5 Å². The second-order valence-corrected chi connectivity index (χ2v) is 8.16. The Morgan fingerprint density at radius 2 is 1.82 bits per heavy atom. The van der Waals surface area contributed by atoms with E-state index in [4.69, 9.17) is 0 Å². The highest BCUT2D eigenvalue weighted by Gasteiger charge is 2.43. The molecule has 2 aromatic carbocycles. The predicted molar refractivity (Wildman–Crippen MR) is 114 cm³/mol. The first-order valence-electron chi connectivity index (χ1n) is 10.4.